The molecule has 1 aromatic rings. The normalized spacial score (nSPS) is 13.2. The topological polar surface area (TPSA) is 43.4 Å². The van der Waals surface area contributed by atoms with Gasteiger partial charge in [-0.1, -0.05) is 30.3 Å². The Labute approximate surface area is 103 Å². The molecule has 0 N–H and O–H groups in total. The maximum Gasteiger partial charge on any atom is 0.137 e. The van der Waals surface area contributed by atoms with Gasteiger partial charge in [-0.15, -0.1) is 0 Å². The van der Waals surface area contributed by atoms with Gasteiger partial charge in [-0.05, 0) is 39.7 Å². The number of amides is 1. The Bertz CT molecular complexity index is 368. The average molecular weight is 234 g/mol. The first-order valence-electron chi connectivity index (χ1n) is 5.86. The lowest BCUT2D eigenvalue weighted by atomic mass is 10.00. The van der Waals surface area contributed by atoms with Crippen LogP contribution in [0.4, 0.5) is 4.79 Å². The summed E-state index contributed by atoms with van der Waals surface area (Å²) in [6.45, 7) is 7.55. The SMILES string of the molecule is C[C@H](Cc1ccccc1)N(C(=O)[O-])C(C)(C)C. The maximum absolute atomic E-state index is 11.2. The van der Waals surface area contributed by atoms with Crippen molar-refractivity contribution in [2.75, 3.05) is 0 Å². The summed E-state index contributed by atoms with van der Waals surface area (Å²) < 4.78 is 0. The average Bonchev–Trinajstić information content (AvgIpc) is 2.15. The molecule has 0 saturated carbocycles. The first-order valence-corrected chi connectivity index (χ1v) is 5.86. The zero-order valence-electron chi connectivity index (χ0n) is 10.9. The molecule has 0 fully saturated rings. The highest BCUT2D eigenvalue weighted by Crippen LogP contribution is 2.19. The van der Waals surface area contributed by atoms with E-state index in [0.717, 1.165) is 5.56 Å². The Hall–Kier alpha value is -1.51. The number of carbonyl (C=O) groups excluding carboxylic acids is 1. The van der Waals surface area contributed by atoms with E-state index < -0.39 is 11.6 Å². The van der Waals surface area contributed by atoms with Crippen molar-refractivity contribution in [3.8, 4) is 0 Å². The van der Waals surface area contributed by atoms with Crippen LogP contribution in [0.2, 0.25) is 0 Å². The summed E-state index contributed by atoms with van der Waals surface area (Å²) in [7, 11) is 0. The monoisotopic (exact) mass is 234 g/mol. The van der Waals surface area contributed by atoms with E-state index in [2.05, 4.69) is 0 Å². The summed E-state index contributed by atoms with van der Waals surface area (Å²) in [5.41, 5.74) is 0.697. The molecule has 1 aromatic carbocycles. The third kappa shape index (κ3) is 3.77. The van der Waals surface area contributed by atoms with Crippen LogP contribution in [0.15, 0.2) is 30.3 Å². The Kier molecular flexibility index (Phi) is 4.16. The highest BCUT2D eigenvalue weighted by Gasteiger charge is 2.26. The number of hydrogen-bond acceptors (Lipinski definition) is 2. The lowest BCUT2D eigenvalue weighted by Crippen LogP contribution is -2.56. The fourth-order valence-electron chi connectivity index (χ4n) is 2.16. The smallest absolute Gasteiger partial charge is 0.137 e. The minimum atomic E-state index is -1.11. The van der Waals surface area contributed by atoms with Crippen molar-refractivity contribution in [2.24, 2.45) is 0 Å². The summed E-state index contributed by atoms with van der Waals surface area (Å²) in [4.78, 5) is 12.6. The molecule has 0 aliphatic heterocycles. The Balaban J connectivity index is 2.80. The van der Waals surface area contributed by atoms with E-state index in [4.69, 9.17) is 0 Å². The number of carboxylic acid groups (broad SMARTS) is 1. The van der Waals surface area contributed by atoms with Gasteiger partial charge in [-0.3, -0.25) is 0 Å². The van der Waals surface area contributed by atoms with Crippen molar-refractivity contribution in [1.29, 1.82) is 0 Å². The van der Waals surface area contributed by atoms with Gasteiger partial charge in [0, 0.05) is 11.6 Å². The van der Waals surface area contributed by atoms with Crippen molar-refractivity contribution in [2.45, 2.75) is 45.7 Å². The summed E-state index contributed by atoms with van der Waals surface area (Å²) in [5, 5.41) is 11.2. The Morgan fingerprint density at radius 1 is 1.29 bits per heavy atom. The van der Waals surface area contributed by atoms with E-state index in [1.165, 1.54) is 4.90 Å². The zero-order valence-corrected chi connectivity index (χ0v) is 10.9. The van der Waals surface area contributed by atoms with Gasteiger partial charge < -0.3 is 14.8 Å². The van der Waals surface area contributed by atoms with Gasteiger partial charge in [-0.25, -0.2) is 0 Å². The number of benzene rings is 1. The molecule has 1 amide bonds. The van der Waals surface area contributed by atoms with E-state index in [1.54, 1.807) is 0 Å². The van der Waals surface area contributed by atoms with Crippen LogP contribution in [0.3, 0.4) is 0 Å². The van der Waals surface area contributed by atoms with Crippen molar-refractivity contribution in [3.63, 3.8) is 0 Å². The fraction of sp³-hybridized carbons (Fsp3) is 0.500. The second-order valence-corrected chi connectivity index (χ2v) is 5.35. The van der Waals surface area contributed by atoms with Gasteiger partial charge in [0.25, 0.3) is 0 Å². The van der Waals surface area contributed by atoms with Crippen molar-refractivity contribution < 1.29 is 9.90 Å². The largest absolute Gasteiger partial charge is 0.530 e. The summed E-state index contributed by atoms with van der Waals surface area (Å²) >= 11 is 0. The molecule has 0 radical (unpaired) electrons. The van der Waals surface area contributed by atoms with Crippen molar-refractivity contribution >= 4 is 6.09 Å². The molecular formula is C14H20NO2-. The molecule has 0 aliphatic rings. The molecular weight excluding hydrogens is 214 g/mol. The van der Waals surface area contributed by atoms with E-state index in [1.807, 2.05) is 58.0 Å². The molecule has 3 nitrogen and oxygen atoms in total. The Morgan fingerprint density at radius 3 is 2.24 bits per heavy atom. The lowest BCUT2D eigenvalue weighted by Gasteiger charge is -2.42. The molecule has 1 rings (SSSR count). The van der Waals surface area contributed by atoms with Crippen LogP contribution in [-0.4, -0.2) is 22.6 Å². The minimum absolute atomic E-state index is 0.0950. The van der Waals surface area contributed by atoms with E-state index in [9.17, 15) is 9.90 Å². The van der Waals surface area contributed by atoms with E-state index >= 15 is 0 Å². The highest BCUT2D eigenvalue weighted by molar-refractivity contribution is 5.64. The standard InChI is InChI=1S/C14H21NO2/c1-11(10-12-8-6-5-7-9-12)15(13(16)17)14(2,3)4/h5-9,11H,10H2,1-4H3,(H,16,17)/p-1/t11-/m1/s1. The number of carbonyl (C=O) groups is 1. The molecule has 17 heavy (non-hydrogen) atoms. The van der Waals surface area contributed by atoms with Crippen molar-refractivity contribution in [3.05, 3.63) is 35.9 Å². The molecule has 0 spiro atoms. The van der Waals surface area contributed by atoms with Crippen LogP contribution in [0.5, 0.6) is 0 Å². The minimum Gasteiger partial charge on any atom is -0.530 e. The van der Waals surface area contributed by atoms with Gasteiger partial charge in [0.1, 0.15) is 6.09 Å². The van der Waals surface area contributed by atoms with Gasteiger partial charge in [0.15, 0.2) is 0 Å². The maximum atomic E-state index is 11.2. The lowest BCUT2D eigenvalue weighted by molar-refractivity contribution is -0.273. The molecule has 0 heterocycles. The summed E-state index contributed by atoms with van der Waals surface area (Å²) in [6.07, 6.45) is -0.410. The molecule has 94 valence electrons. The first-order chi connectivity index (χ1) is 7.82. The number of nitrogens with zero attached hydrogens (tertiary/aromatic N) is 1. The zero-order chi connectivity index (χ0) is 13.1. The quantitative estimate of drug-likeness (QED) is 0.803. The van der Waals surface area contributed by atoms with Crippen LogP contribution < -0.4 is 5.11 Å². The molecule has 1 atom stereocenters. The van der Waals surface area contributed by atoms with E-state index in [0.29, 0.717) is 6.42 Å². The van der Waals surface area contributed by atoms with Gasteiger partial charge >= 0.3 is 0 Å². The van der Waals surface area contributed by atoms with Gasteiger partial charge in [0.2, 0.25) is 0 Å². The van der Waals surface area contributed by atoms with Crippen LogP contribution >= 0.6 is 0 Å². The predicted molar refractivity (Wildman–Crippen MR) is 66.6 cm³/mol. The Morgan fingerprint density at radius 2 is 1.82 bits per heavy atom. The van der Waals surface area contributed by atoms with Crippen molar-refractivity contribution in [1.82, 2.24) is 4.90 Å². The third-order valence-corrected chi connectivity index (χ3v) is 2.73. The second kappa shape index (κ2) is 5.21. The molecule has 0 aromatic heterocycles. The van der Waals surface area contributed by atoms with Crippen LogP contribution in [0, 0.1) is 0 Å². The number of rotatable bonds is 3. The highest BCUT2D eigenvalue weighted by atomic mass is 16.4. The fourth-order valence-corrected chi connectivity index (χ4v) is 2.16. The molecule has 0 bridgehead atoms. The predicted octanol–water partition coefficient (Wildman–Crippen LogP) is 2.06. The second-order valence-electron chi connectivity index (χ2n) is 5.35. The van der Waals surface area contributed by atoms with Gasteiger partial charge in [-0.2, -0.15) is 0 Å². The third-order valence-electron chi connectivity index (χ3n) is 2.73. The van der Waals surface area contributed by atoms with E-state index in [-0.39, 0.29) is 6.04 Å². The first kappa shape index (κ1) is 13.6. The number of hydrogen-bond donors (Lipinski definition) is 0. The molecule has 0 saturated heterocycles. The molecule has 3 heteroatoms. The van der Waals surface area contributed by atoms with Gasteiger partial charge in [0.05, 0.1) is 0 Å². The van der Waals surface area contributed by atoms with Crippen LogP contribution in [-0.2, 0) is 6.42 Å². The molecule has 0 aliphatic carbocycles. The summed E-state index contributed by atoms with van der Waals surface area (Å²) in [5.74, 6) is 0. The molecule has 0 unspecified atom stereocenters. The van der Waals surface area contributed by atoms with Crippen LogP contribution in [0.25, 0.3) is 0 Å². The summed E-state index contributed by atoms with van der Waals surface area (Å²) in [6, 6.07) is 9.79. The van der Waals surface area contributed by atoms with Crippen LogP contribution in [0.1, 0.15) is 33.3 Å².